The van der Waals surface area contributed by atoms with Crippen molar-refractivity contribution in [1.82, 2.24) is 25.1 Å². The minimum absolute atomic E-state index is 0.250. The van der Waals surface area contributed by atoms with E-state index in [9.17, 15) is 4.39 Å². The molecule has 1 saturated heterocycles. The first-order chi connectivity index (χ1) is 13.7. The van der Waals surface area contributed by atoms with Crippen LogP contribution in [0.2, 0.25) is 0 Å². The van der Waals surface area contributed by atoms with Gasteiger partial charge in [0.15, 0.2) is 5.82 Å². The number of pyridine rings is 1. The lowest BCUT2D eigenvalue weighted by atomic mass is 9.96. The summed E-state index contributed by atoms with van der Waals surface area (Å²) in [4.78, 5) is 19.0. The normalized spacial score (nSPS) is 15.4. The molecule has 1 aromatic carbocycles. The van der Waals surface area contributed by atoms with Gasteiger partial charge in [-0.25, -0.2) is 14.4 Å². The fourth-order valence-corrected chi connectivity index (χ4v) is 3.72. The number of nitrogens with one attached hydrogen (secondary N) is 1. The molecule has 0 atom stereocenters. The predicted molar refractivity (Wildman–Crippen MR) is 103 cm³/mol. The van der Waals surface area contributed by atoms with Gasteiger partial charge in [0.1, 0.15) is 17.5 Å². The minimum Gasteiger partial charge on any atom is -0.357 e. The summed E-state index contributed by atoms with van der Waals surface area (Å²) in [5.41, 5.74) is 2.43. The van der Waals surface area contributed by atoms with Crippen LogP contribution in [0.15, 0.2) is 41.1 Å². The zero-order valence-corrected chi connectivity index (χ0v) is 15.4. The van der Waals surface area contributed by atoms with Crippen LogP contribution in [0, 0.1) is 12.7 Å². The highest BCUT2D eigenvalue weighted by molar-refractivity contribution is 5.75. The first-order valence-electron chi connectivity index (χ1n) is 9.32. The molecule has 1 aliphatic heterocycles. The number of aromatic amines is 1. The third-order valence-electron chi connectivity index (χ3n) is 5.19. The second-order valence-electron chi connectivity index (χ2n) is 7.09. The summed E-state index contributed by atoms with van der Waals surface area (Å²) >= 11 is 0. The molecule has 1 N–H and O–H groups in total. The van der Waals surface area contributed by atoms with Crippen molar-refractivity contribution in [3.8, 4) is 11.5 Å². The predicted octanol–water partition coefficient (Wildman–Crippen LogP) is 3.84. The molecule has 3 aromatic heterocycles. The third kappa shape index (κ3) is 3.11. The second-order valence-corrected chi connectivity index (χ2v) is 7.09. The average Bonchev–Trinajstić information content (AvgIpc) is 3.34. The first-order valence-corrected chi connectivity index (χ1v) is 9.32. The Kier molecular flexibility index (Phi) is 4.03. The van der Waals surface area contributed by atoms with Crippen molar-refractivity contribution in [3.63, 3.8) is 0 Å². The number of nitrogens with zero attached hydrogens (tertiary/aromatic N) is 5. The Morgan fingerprint density at radius 3 is 2.79 bits per heavy atom. The van der Waals surface area contributed by atoms with Crippen molar-refractivity contribution in [1.29, 1.82) is 0 Å². The highest BCUT2D eigenvalue weighted by Crippen LogP contribution is 2.30. The smallest absolute Gasteiger partial charge is 0.258 e. The lowest BCUT2D eigenvalue weighted by Gasteiger charge is -2.32. The molecule has 5 rings (SSSR count). The number of rotatable bonds is 3. The van der Waals surface area contributed by atoms with Crippen molar-refractivity contribution >= 4 is 16.9 Å². The molecule has 1 aliphatic rings. The molecular weight excluding hydrogens is 359 g/mol. The Morgan fingerprint density at radius 2 is 2.00 bits per heavy atom. The first kappa shape index (κ1) is 16.9. The molecule has 0 amide bonds. The molecular formula is C20H19FN6O. The zero-order chi connectivity index (χ0) is 19.1. The van der Waals surface area contributed by atoms with Crippen molar-refractivity contribution in [2.24, 2.45) is 0 Å². The minimum atomic E-state index is -0.250. The van der Waals surface area contributed by atoms with E-state index in [0.717, 1.165) is 54.2 Å². The van der Waals surface area contributed by atoms with E-state index in [-0.39, 0.29) is 5.82 Å². The molecule has 0 saturated carbocycles. The Bertz CT molecular complexity index is 1130. The molecule has 1 fully saturated rings. The van der Waals surface area contributed by atoms with E-state index >= 15 is 0 Å². The van der Waals surface area contributed by atoms with Crippen molar-refractivity contribution in [2.75, 3.05) is 18.0 Å². The number of aromatic nitrogens is 5. The van der Waals surface area contributed by atoms with Crippen LogP contribution in [0.5, 0.6) is 0 Å². The van der Waals surface area contributed by atoms with Gasteiger partial charge in [-0.05, 0) is 50.1 Å². The van der Waals surface area contributed by atoms with Gasteiger partial charge in [-0.1, -0.05) is 5.16 Å². The van der Waals surface area contributed by atoms with Gasteiger partial charge in [0.25, 0.3) is 5.89 Å². The van der Waals surface area contributed by atoms with E-state index < -0.39 is 0 Å². The van der Waals surface area contributed by atoms with Crippen LogP contribution in [-0.2, 0) is 0 Å². The van der Waals surface area contributed by atoms with Gasteiger partial charge in [0.2, 0.25) is 0 Å². The Balaban J connectivity index is 1.31. The van der Waals surface area contributed by atoms with Crippen LogP contribution >= 0.6 is 0 Å². The number of benzene rings is 1. The molecule has 28 heavy (non-hydrogen) atoms. The summed E-state index contributed by atoms with van der Waals surface area (Å²) in [5.74, 6) is 3.03. The summed E-state index contributed by atoms with van der Waals surface area (Å²) in [7, 11) is 0. The molecule has 8 heteroatoms. The molecule has 0 bridgehead atoms. The topological polar surface area (TPSA) is 83.7 Å². The van der Waals surface area contributed by atoms with Crippen molar-refractivity contribution in [2.45, 2.75) is 25.7 Å². The lowest BCUT2D eigenvalue weighted by Crippen LogP contribution is -2.33. The van der Waals surface area contributed by atoms with Crippen molar-refractivity contribution in [3.05, 3.63) is 54.0 Å². The lowest BCUT2D eigenvalue weighted by molar-refractivity contribution is 0.425. The molecule has 0 unspecified atom stereocenters. The van der Waals surface area contributed by atoms with Crippen LogP contribution in [0.25, 0.3) is 22.5 Å². The van der Waals surface area contributed by atoms with Crippen LogP contribution in [0.1, 0.15) is 30.4 Å². The highest BCUT2D eigenvalue weighted by Gasteiger charge is 2.24. The van der Waals surface area contributed by atoms with Crippen LogP contribution < -0.4 is 4.90 Å². The number of hydrogen-bond donors (Lipinski definition) is 1. The molecule has 0 spiro atoms. The van der Waals surface area contributed by atoms with E-state index in [0.29, 0.717) is 17.6 Å². The Morgan fingerprint density at radius 1 is 1.14 bits per heavy atom. The largest absolute Gasteiger partial charge is 0.357 e. The van der Waals surface area contributed by atoms with Crippen LogP contribution in [0.4, 0.5) is 10.2 Å². The highest BCUT2D eigenvalue weighted by atomic mass is 19.1. The third-order valence-corrected chi connectivity index (χ3v) is 5.19. The van der Waals surface area contributed by atoms with E-state index in [1.165, 1.54) is 12.1 Å². The number of aryl methyl sites for hydroxylation is 1. The number of H-pyrrole nitrogens is 1. The van der Waals surface area contributed by atoms with Crippen molar-refractivity contribution < 1.29 is 8.91 Å². The second kappa shape index (κ2) is 6.70. The molecule has 0 radical (unpaired) electrons. The number of halogens is 1. The zero-order valence-electron chi connectivity index (χ0n) is 15.4. The van der Waals surface area contributed by atoms with Gasteiger partial charge in [0.05, 0.1) is 11.0 Å². The quantitative estimate of drug-likeness (QED) is 0.583. The van der Waals surface area contributed by atoms with Gasteiger partial charge in [-0.15, -0.1) is 0 Å². The maximum absolute atomic E-state index is 13.4. The average molecular weight is 378 g/mol. The molecule has 7 nitrogen and oxygen atoms in total. The summed E-state index contributed by atoms with van der Waals surface area (Å²) in [5, 5.41) is 3.85. The summed E-state index contributed by atoms with van der Waals surface area (Å²) in [6.07, 6.45) is 3.67. The number of fused-ring (bicyclic) bond motifs is 1. The Hall–Kier alpha value is -3.29. The summed E-state index contributed by atoms with van der Waals surface area (Å²) in [6.45, 7) is 3.54. The number of hydrogen-bond acceptors (Lipinski definition) is 6. The number of anilines is 1. The molecule has 142 valence electrons. The maximum atomic E-state index is 13.4. The van der Waals surface area contributed by atoms with Crippen LogP contribution in [-0.4, -0.2) is 38.2 Å². The fourth-order valence-electron chi connectivity index (χ4n) is 3.72. The fraction of sp³-hybridized carbons (Fsp3) is 0.300. The molecule has 4 aromatic rings. The standard InChI is InChI=1S/C20H19FN6O/c1-12-23-20(28-26-12)14-4-7-22-18(10-14)27-8-5-13(6-9-27)19-24-16-3-2-15(21)11-17(16)25-19/h2-4,7,10-11,13H,5-6,8-9H2,1H3,(H,24,25). The summed E-state index contributed by atoms with van der Waals surface area (Å²) in [6, 6.07) is 8.51. The number of imidazole rings is 1. The van der Waals surface area contributed by atoms with Gasteiger partial charge in [0, 0.05) is 30.8 Å². The van der Waals surface area contributed by atoms with E-state index in [1.807, 2.05) is 12.1 Å². The Labute approximate surface area is 160 Å². The van der Waals surface area contributed by atoms with E-state index in [1.54, 1.807) is 19.2 Å². The van der Waals surface area contributed by atoms with E-state index in [4.69, 9.17) is 4.52 Å². The molecule has 4 heterocycles. The monoisotopic (exact) mass is 378 g/mol. The SMILES string of the molecule is Cc1noc(-c2ccnc(N3CCC(c4nc5ccc(F)cc5[nH]4)CC3)c2)n1. The van der Waals surface area contributed by atoms with Crippen LogP contribution in [0.3, 0.4) is 0 Å². The van der Waals surface area contributed by atoms with Gasteiger partial charge in [-0.2, -0.15) is 4.98 Å². The van der Waals surface area contributed by atoms with Gasteiger partial charge >= 0.3 is 0 Å². The van der Waals surface area contributed by atoms with Gasteiger partial charge in [-0.3, -0.25) is 0 Å². The van der Waals surface area contributed by atoms with Gasteiger partial charge < -0.3 is 14.4 Å². The van der Waals surface area contributed by atoms with E-state index in [2.05, 4.69) is 30.0 Å². The maximum Gasteiger partial charge on any atom is 0.258 e. The number of piperidine rings is 1. The molecule has 0 aliphatic carbocycles. The summed E-state index contributed by atoms with van der Waals surface area (Å²) < 4.78 is 18.7.